The Morgan fingerprint density at radius 3 is 2.38 bits per heavy atom. The van der Waals surface area contributed by atoms with Crippen molar-refractivity contribution in [2.75, 3.05) is 7.11 Å². The zero-order valence-corrected chi connectivity index (χ0v) is 16.0. The van der Waals surface area contributed by atoms with Gasteiger partial charge in [-0.05, 0) is 56.3 Å². The van der Waals surface area contributed by atoms with E-state index in [4.69, 9.17) is 4.74 Å². The Labute approximate surface area is 153 Å². The number of hydrogen-bond acceptors (Lipinski definition) is 5. The van der Waals surface area contributed by atoms with Gasteiger partial charge in [-0.15, -0.1) is 0 Å². The summed E-state index contributed by atoms with van der Waals surface area (Å²) in [5.74, 6) is -0.104. The number of allylic oxidation sites excluding steroid dienone is 1. The van der Waals surface area contributed by atoms with Crippen LogP contribution in [0.2, 0.25) is 0 Å². The first-order valence-electron chi connectivity index (χ1n) is 9.82. The van der Waals surface area contributed by atoms with Crippen LogP contribution in [0.1, 0.15) is 59.3 Å². The Morgan fingerprint density at radius 2 is 1.81 bits per heavy atom. The Bertz CT molecular complexity index is 800. The molecule has 0 aliphatic heterocycles. The summed E-state index contributed by atoms with van der Waals surface area (Å²) >= 11 is 0. The van der Waals surface area contributed by atoms with Gasteiger partial charge in [-0.1, -0.05) is 20.3 Å². The molecule has 5 saturated carbocycles. The normalized spacial score (nSPS) is 56.7. The van der Waals surface area contributed by atoms with Gasteiger partial charge in [0.15, 0.2) is 5.76 Å². The molecule has 0 radical (unpaired) electrons. The van der Waals surface area contributed by atoms with Gasteiger partial charge in [0.1, 0.15) is 0 Å². The molecule has 26 heavy (non-hydrogen) atoms. The van der Waals surface area contributed by atoms with Gasteiger partial charge in [0.2, 0.25) is 5.78 Å². The molecule has 1 spiro atoms. The van der Waals surface area contributed by atoms with Gasteiger partial charge in [-0.25, -0.2) is 0 Å². The maximum absolute atomic E-state index is 13.5. The minimum atomic E-state index is -1.19. The number of aliphatic hydroxyl groups excluding tert-OH is 1. The fourth-order valence-corrected chi connectivity index (χ4v) is 8.18. The molecule has 7 atom stereocenters. The van der Waals surface area contributed by atoms with E-state index in [-0.39, 0.29) is 17.0 Å². The molecule has 6 rings (SSSR count). The number of ketones is 1. The lowest BCUT2D eigenvalue weighted by Gasteiger charge is -2.65. The van der Waals surface area contributed by atoms with E-state index in [1.54, 1.807) is 6.92 Å². The first-order chi connectivity index (χ1) is 12.0. The lowest BCUT2D eigenvalue weighted by molar-refractivity contribution is -0.214. The number of ether oxygens (including phenoxy) is 1. The van der Waals surface area contributed by atoms with Crippen LogP contribution >= 0.6 is 0 Å². The van der Waals surface area contributed by atoms with E-state index in [2.05, 4.69) is 6.92 Å². The van der Waals surface area contributed by atoms with E-state index < -0.39 is 27.8 Å². The maximum atomic E-state index is 13.5. The molecule has 1 unspecified atom stereocenters. The summed E-state index contributed by atoms with van der Waals surface area (Å²) in [5, 5.41) is 23.2. The van der Waals surface area contributed by atoms with Gasteiger partial charge in [0, 0.05) is 11.0 Å². The number of esters is 1. The average Bonchev–Trinajstić information content (AvgIpc) is 2.99. The molecule has 6 aliphatic carbocycles. The highest BCUT2D eigenvalue weighted by Gasteiger charge is 2.86. The predicted molar refractivity (Wildman–Crippen MR) is 93.1 cm³/mol. The first-order valence-corrected chi connectivity index (χ1v) is 9.82. The quantitative estimate of drug-likeness (QED) is 0.703. The molecule has 2 N–H and O–H groups in total. The van der Waals surface area contributed by atoms with Crippen LogP contribution in [0.15, 0.2) is 11.3 Å². The second-order valence-corrected chi connectivity index (χ2v) is 10.3. The number of Topliss-reactive ketones (excluding diaryl/α,β-unsaturated/α-hetero) is 1. The second-order valence-electron chi connectivity index (χ2n) is 10.3. The van der Waals surface area contributed by atoms with E-state index in [9.17, 15) is 19.8 Å². The van der Waals surface area contributed by atoms with Crippen molar-refractivity contribution in [3.63, 3.8) is 0 Å². The highest BCUT2D eigenvalue weighted by Crippen LogP contribution is 2.85. The molecule has 5 heteroatoms. The largest absolute Gasteiger partial charge is 0.504 e. The summed E-state index contributed by atoms with van der Waals surface area (Å²) < 4.78 is 5.04. The third kappa shape index (κ3) is 1.35. The monoisotopic (exact) mass is 360 g/mol. The van der Waals surface area contributed by atoms with E-state index in [0.29, 0.717) is 49.5 Å². The van der Waals surface area contributed by atoms with E-state index in [1.165, 1.54) is 7.11 Å². The third-order valence-electron chi connectivity index (χ3n) is 9.52. The topological polar surface area (TPSA) is 83.8 Å². The van der Waals surface area contributed by atoms with Gasteiger partial charge in [-0.3, -0.25) is 9.59 Å². The molecule has 0 amide bonds. The fraction of sp³-hybridized carbons (Fsp3) is 0.810. The summed E-state index contributed by atoms with van der Waals surface area (Å²) in [6.45, 7) is 5.94. The summed E-state index contributed by atoms with van der Waals surface area (Å²) in [4.78, 5) is 26.1. The third-order valence-corrected chi connectivity index (χ3v) is 9.52. The lowest BCUT2D eigenvalue weighted by Crippen LogP contribution is -2.70. The zero-order valence-electron chi connectivity index (χ0n) is 16.0. The summed E-state index contributed by atoms with van der Waals surface area (Å²) in [6, 6.07) is 0. The van der Waals surface area contributed by atoms with Crippen LogP contribution in [0.4, 0.5) is 0 Å². The van der Waals surface area contributed by atoms with Crippen LogP contribution in [0.5, 0.6) is 0 Å². The standard InChI is InChI=1S/C21H28O5/c1-17(16(24)26-4)6-5-7-19(3)14(17)13(22)15(23)20-8-11-12(9-21(19,20)25)18(11,2)10-20/h11-12,22,25H,5-10H2,1-4H3/t11?,12-,17-,18+,19-,20+,21-/m1/s1. The summed E-state index contributed by atoms with van der Waals surface area (Å²) in [7, 11) is 1.34. The van der Waals surface area contributed by atoms with Crippen LogP contribution in [0.25, 0.3) is 0 Å². The Hall–Kier alpha value is -1.36. The molecule has 4 bridgehead atoms. The Balaban J connectivity index is 1.77. The molecular formula is C21H28O5. The minimum absolute atomic E-state index is 0.135. The van der Waals surface area contributed by atoms with Crippen LogP contribution in [0.3, 0.4) is 0 Å². The van der Waals surface area contributed by atoms with Crippen molar-refractivity contribution in [2.24, 2.45) is 33.5 Å². The zero-order chi connectivity index (χ0) is 18.9. The van der Waals surface area contributed by atoms with Crippen molar-refractivity contribution in [2.45, 2.75) is 64.9 Å². The van der Waals surface area contributed by atoms with Crippen LogP contribution in [-0.2, 0) is 14.3 Å². The van der Waals surface area contributed by atoms with Crippen LogP contribution in [0, 0.1) is 33.5 Å². The molecule has 5 nitrogen and oxygen atoms in total. The van der Waals surface area contributed by atoms with Gasteiger partial charge >= 0.3 is 5.97 Å². The first kappa shape index (κ1) is 16.8. The number of methoxy groups -OCH3 is 1. The van der Waals surface area contributed by atoms with Crippen molar-refractivity contribution in [1.82, 2.24) is 0 Å². The number of carbonyl (C=O) groups excluding carboxylic acids is 2. The van der Waals surface area contributed by atoms with Crippen molar-refractivity contribution in [3.8, 4) is 0 Å². The molecular weight excluding hydrogens is 332 g/mol. The fourth-order valence-electron chi connectivity index (χ4n) is 8.18. The number of hydrogen-bond donors (Lipinski definition) is 2. The van der Waals surface area contributed by atoms with Crippen LogP contribution in [-0.4, -0.2) is 34.7 Å². The van der Waals surface area contributed by atoms with Crippen molar-refractivity contribution < 1.29 is 24.5 Å². The highest BCUT2D eigenvalue weighted by atomic mass is 16.5. The molecule has 0 aromatic rings. The second kappa shape index (κ2) is 4.21. The average molecular weight is 360 g/mol. The molecule has 0 aromatic carbocycles. The predicted octanol–water partition coefficient (Wildman–Crippen LogP) is 2.92. The molecule has 0 aromatic heterocycles. The number of aliphatic hydroxyl groups is 2. The van der Waals surface area contributed by atoms with Crippen molar-refractivity contribution >= 4 is 11.8 Å². The van der Waals surface area contributed by atoms with Gasteiger partial charge in [0.25, 0.3) is 0 Å². The summed E-state index contributed by atoms with van der Waals surface area (Å²) in [5.41, 5.74) is -3.36. The van der Waals surface area contributed by atoms with Crippen molar-refractivity contribution in [1.29, 1.82) is 0 Å². The Morgan fingerprint density at radius 1 is 1.15 bits per heavy atom. The molecule has 6 aliphatic rings. The molecule has 0 saturated heterocycles. The van der Waals surface area contributed by atoms with E-state index in [1.807, 2.05) is 6.92 Å². The van der Waals surface area contributed by atoms with Gasteiger partial charge in [0.05, 0.1) is 23.5 Å². The Kier molecular flexibility index (Phi) is 2.72. The van der Waals surface area contributed by atoms with Crippen LogP contribution < -0.4 is 0 Å². The SMILES string of the molecule is COC(=O)[C@]1(C)CCC[C@]2(C)C1=C(O)C(=O)[C@@]13CC4[C@@H](C[C@]12O)[C@@]4(C)C3. The maximum Gasteiger partial charge on any atom is 0.315 e. The van der Waals surface area contributed by atoms with E-state index in [0.717, 1.165) is 6.42 Å². The highest BCUT2D eigenvalue weighted by molar-refractivity contribution is 6.03. The van der Waals surface area contributed by atoms with E-state index >= 15 is 0 Å². The number of rotatable bonds is 1. The smallest absolute Gasteiger partial charge is 0.315 e. The molecule has 142 valence electrons. The van der Waals surface area contributed by atoms with Crippen molar-refractivity contribution in [3.05, 3.63) is 11.3 Å². The molecule has 0 heterocycles. The lowest BCUT2D eigenvalue weighted by atomic mass is 9.40. The van der Waals surface area contributed by atoms with Gasteiger partial charge in [-0.2, -0.15) is 0 Å². The van der Waals surface area contributed by atoms with Gasteiger partial charge < -0.3 is 14.9 Å². The number of fused-ring (bicyclic) bond motifs is 1. The number of carbonyl (C=O) groups is 2. The summed E-state index contributed by atoms with van der Waals surface area (Å²) in [6.07, 6.45) is 3.90. The molecule has 5 fully saturated rings. The minimum Gasteiger partial charge on any atom is -0.504 e.